The Labute approximate surface area is 130 Å². The van der Waals surface area contributed by atoms with Gasteiger partial charge in [0.15, 0.2) is 0 Å². The van der Waals surface area contributed by atoms with E-state index in [0.717, 1.165) is 11.4 Å². The third kappa shape index (κ3) is 2.77. The Morgan fingerprint density at radius 1 is 1.41 bits per heavy atom. The van der Waals surface area contributed by atoms with Crippen LogP contribution >= 0.6 is 11.6 Å². The smallest absolute Gasteiger partial charge is 0.271 e. The molecule has 0 aliphatic heterocycles. The minimum Gasteiger partial charge on any atom is -0.324 e. The number of hydrogen-bond acceptors (Lipinski definition) is 5. The summed E-state index contributed by atoms with van der Waals surface area (Å²) in [6, 6.07) is 3.94. The number of nitro groups is 1. The lowest BCUT2D eigenvalue weighted by Crippen LogP contribution is -2.28. The number of nitro benzene ring substituents is 1. The molecule has 0 saturated heterocycles. The van der Waals surface area contributed by atoms with Crippen molar-refractivity contribution in [2.45, 2.75) is 19.3 Å². The number of fused-ring (bicyclic) bond motifs is 1. The molecule has 9 heteroatoms. The molecule has 8 nitrogen and oxygen atoms in total. The predicted octanol–water partition coefficient (Wildman–Crippen LogP) is 2.11. The van der Waals surface area contributed by atoms with Crippen LogP contribution in [-0.4, -0.2) is 26.2 Å². The number of nitrogens with zero attached hydrogens (tertiary/aromatic N) is 3. The number of carbonyl (C=O) groups excluding carboxylic acids is 1. The molecule has 1 aliphatic rings. The number of non-ortho nitro benzene ring substituents is 1. The van der Waals surface area contributed by atoms with E-state index in [0.29, 0.717) is 19.3 Å². The molecular formula is C13H12ClN5O3. The van der Waals surface area contributed by atoms with E-state index in [1.807, 2.05) is 0 Å². The molecule has 1 atom stereocenters. The molecule has 22 heavy (non-hydrogen) atoms. The molecule has 1 aromatic carbocycles. The van der Waals surface area contributed by atoms with Crippen LogP contribution in [0.1, 0.15) is 17.8 Å². The summed E-state index contributed by atoms with van der Waals surface area (Å²) in [5.41, 5.74) is 1.79. The molecule has 0 fully saturated rings. The highest BCUT2D eigenvalue weighted by Gasteiger charge is 2.27. The minimum atomic E-state index is -0.533. The predicted molar refractivity (Wildman–Crippen MR) is 78.6 cm³/mol. The molecule has 2 aromatic rings. The molecule has 1 heterocycles. The van der Waals surface area contributed by atoms with Crippen LogP contribution in [0.3, 0.4) is 0 Å². The van der Waals surface area contributed by atoms with Gasteiger partial charge in [-0.1, -0.05) is 11.6 Å². The van der Waals surface area contributed by atoms with Crippen molar-refractivity contribution in [3.8, 4) is 0 Å². The number of hydrogen-bond donors (Lipinski definition) is 2. The molecule has 0 saturated carbocycles. The number of benzene rings is 1. The van der Waals surface area contributed by atoms with E-state index in [2.05, 4.69) is 20.7 Å². The van der Waals surface area contributed by atoms with Crippen LogP contribution in [0.15, 0.2) is 18.2 Å². The molecule has 0 radical (unpaired) electrons. The van der Waals surface area contributed by atoms with E-state index in [-0.39, 0.29) is 28.2 Å². The summed E-state index contributed by atoms with van der Waals surface area (Å²) in [4.78, 5) is 22.6. The van der Waals surface area contributed by atoms with Gasteiger partial charge in [0.2, 0.25) is 5.91 Å². The molecule has 0 spiro atoms. The van der Waals surface area contributed by atoms with Gasteiger partial charge in [-0.3, -0.25) is 14.9 Å². The van der Waals surface area contributed by atoms with Crippen molar-refractivity contribution in [3.05, 3.63) is 44.7 Å². The van der Waals surface area contributed by atoms with Crippen molar-refractivity contribution in [3.63, 3.8) is 0 Å². The van der Waals surface area contributed by atoms with Gasteiger partial charge in [-0.05, 0) is 18.9 Å². The van der Waals surface area contributed by atoms with Gasteiger partial charge in [0.1, 0.15) is 0 Å². The van der Waals surface area contributed by atoms with Gasteiger partial charge in [-0.15, -0.1) is 0 Å². The Hall–Kier alpha value is -2.48. The van der Waals surface area contributed by atoms with Crippen molar-refractivity contribution < 1.29 is 9.72 Å². The number of nitrogens with one attached hydrogen (secondary N) is 2. The zero-order valence-corrected chi connectivity index (χ0v) is 12.1. The second-order valence-electron chi connectivity index (χ2n) is 5.07. The molecule has 0 bridgehead atoms. The number of halogens is 1. The maximum absolute atomic E-state index is 12.3. The summed E-state index contributed by atoms with van der Waals surface area (Å²) in [5.74, 6) is -0.482. The Balaban J connectivity index is 1.75. The van der Waals surface area contributed by atoms with E-state index < -0.39 is 4.92 Å². The number of amides is 1. The highest BCUT2D eigenvalue weighted by atomic mass is 35.5. The van der Waals surface area contributed by atoms with Gasteiger partial charge >= 0.3 is 0 Å². The molecule has 1 amide bonds. The van der Waals surface area contributed by atoms with Crippen molar-refractivity contribution in [1.82, 2.24) is 15.4 Å². The lowest BCUT2D eigenvalue weighted by atomic mass is 9.89. The van der Waals surface area contributed by atoms with Crippen LogP contribution < -0.4 is 5.32 Å². The number of rotatable bonds is 3. The maximum Gasteiger partial charge on any atom is 0.271 e. The van der Waals surface area contributed by atoms with Crippen molar-refractivity contribution in [2.75, 3.05) is 5.32 Å². The summed E-state index contributed by atoms with van der Waals surface area (Å²) >= 11 is 5.98. The van der Waals surface area contributed by atoms with Crippen LogP contribution in [0, 0.1) is 16.0 Å². The fraction of sp³-hybridized carbons (Fsp3) is 0.308. The van der Waals surface area contributed by atoms with E-state index in [1.54, 1.807) is 0 Å². The third-order valence-corrected chi connectivity index (χ3v) is 3.99. The molecule has 1 aliphatic carbocycles. The van der Waals surface area contributed by atoms with Crippen LogP contribution in [0.2, 0.25) is 5.02 Å². The molecule has 2 N–H and O–H groups in total. The lowest BCUT2D eigenvalue weighted by Gasteiger charge is -2.19. The molecule has 114 valence electrons. The van der Waals surface area contributed by atoms with Gasteiger partial charge in [0, 0.05) is 24.5 Å². The fourth-order valence-electron chi connectivity index (χ4n) is 2.47. The average Bonchev–Trinajstić information content (AvgIpc) is 2.96. The number of carbonyl (C=O) groups is 1. The average molecular weight is 322 g/mol. The molecule has 1 aromatic heterocycles. The second kappa shape index (κ2) is 5.72. The highest BCUT2D eigenvalue weighted by molar-refractivity contribution is 6.33. The van der Waals surface area contributed by atoms with E-state index in [1.165, 1.54) is 18.2 Å². The SMILES string of the molecule is O=C(Nc1cc([N+](=O)[O-])ccc1Cl)C1CCc2n[nH]nc2C1. The summed E-state index contributed by atoms with van der Waals surface area (Å²) in [5, 5.41) is 24.3. The first-order chi connectivity index (χ1) is 10.5. The zero-order chi connectivity index (χ0) is 15.7. The summed E-state index contributed by atoms with van der Waals surface area (Å²) in [6.07, 6.45) is 1.81. The third-order valence-electron chi connectivity index (χ3n) is 3.66. The van der Waals surface area contributed by atoms with E-state index in [4.69, 9.17) is 11.6 Å². The van der Waals surface area contributed by atoms with Crippen molar-refractivity contribution in [2.24, 2.45) is 5.92 Å². The van der Waals surface area contributed by atoms with Gasteiger partial charge in [0.25, 0.3) is 5.69 Å². The van der Waals surface area contributed by atoms with Gasteiger partial charge < -0.3 is 5.32 Å². The van der Waals surface area contributed by atoms with Crippen LogP contribution in [0.5, 0.6) is 0 Å². The summed E-state index contributed by atoms with van der Waals surface area (Å²) in [7, 11) is 0. The van der Waals surface area contributed by atoms with Crippen LogP contribution in [-0.2, 0) is 17.6 Å². The normalized spacial score (nSPS) is 16.9. The van der Waals surface area contributed by atoms with E-state index in [9.17, 15) is 14.9 Å². The Morgan fingerprint density at radius 3 is 2.95 bits per heavy atom. The van der Waals surface area contributed by atoms with Gasteiger partial charge in [-0.2, -0.15) is 15.4 Å². The highest BCUT2D eigenvalue weighted by Crippen LogP contribution is 2.29. The lowest BCUT2D eigenvalue weighted by molar-refractivity contribution is -0.384. The minimum absolute atomic E-state index is 0.123. The van der Waals surface area contributed by atoms with Crippen molar-refractivity contribution in [1.29, 1.82) is 0 Å². The van der Waals surface area contributed by atoms with Crippen molar-refractivity contribution >= 4 is 28.9 Å². The number of H-pyrrole nitrogens is 1. The maximum atomic E-state index is 12.3. The zero-order valence-electron chi connectivity index (χ0n) is 11.4. The number of aromatic nitrogens is 3. The Kier molecular flexibility index (Phi) is 3.76. The Morgan fingerprint density at radius 2 is 2.18 bits per heavy atom. The Bertz CT molecular complexity index is 745. The summed E-state index contributed by atoms with van der Waals surface area (Å²) < 4.78 is 0. The largest absolute Gasteiger partial charge is 0.324 e. The summed E-state index contributed by atoms with van der Waals surface area (Å²) in [6.45, 7) is 0. The van der Waals surface area contributed by atoms with E-state index >= 15 is 0 Å². The molecule has 3 rings (SSSR count). The van der Waals surface area contributed by atoms with Crippen LogP contribution in [0.4, 0.5) is 11.4 Å². The fourth-order valence-corrected chi connectivity index (χ4v) is 2.63. The molecular weight excluding hydrogens is 310 g/mol. The number of anilines is 1. The molecule has 1 unspecified atom stereocenters. The van der Waals surface area contributed by atoms with Crippen LogP contribution in [0.25, 0.3) is 0 Å². The number of aryl methyl sites for hydroxylation is 1. The standard InChI is InChI=1S/C13H12ClN5O3/c14-9-3-2-8(19(21)22)6-11(9)15-13(20)7-1-4-10-12(5-7)17-18-16-10/h2-3,6-7H,1,4-5H2,(H,15,20)(H,16,17,18). The quantitative estimate of drug-likeness (QED) is 0.663. The van der Waals surface area contributed by atoms with Gasteiger partial charge in [0.05, 0.1) is 27.0 Å². The van der Waals surface area contributed by atoms with Gasteiger partial charge in [-0.25, -0.2) is 0 Å². The topological polar surface area (TPSA) is 114 Å². The second-order valence-corrected chi connectivity index (χ2v) is 5.47. The first kappa shape index (κ1) is 14.5. The first-order valence-electron chi connectivity index (χ1n) is 6.68. The number of aromatic amines is 1. The monoisotopic (exact) mass is 321 g/mol. The first-order valence-corrected chi connectivity index (χ1v) is 7.05.